The van der Waals surface area contributed by atoms with Crippen molar-refractivity contribution < 1.29 is 4.79 Å². The molecule has 0 aliphatic heterocycles. The molecule has 4 aromatic heterocycles. The maximum Gasteiger partial charge on any atom is 0.267 e. The number of aromatic nitrogens is 5. The Hall–Kier alpha value is -4.97. The van der Waals surface area contributed by atoms with E-state index in [-0.39, 0.29) is 16.9 Å². The van der Waals surface area contributed by atoms with Gasteiger partial charge in [0.2, 0.25) is 0 Å². The van der Waals surface area contributed by atoms with Gasteiger partial charge >= 0.3 is 0 Å². The minimum atomic E-state index is -0.630. The first-order valence-electron chi connectivity index (χ1n) is 10.9. The van der Waals surface area contributed by atoms with Gasteiger partial charge in [-0.15, -0.1) is 5.10 Å². The molecular weight excluding hydrogens is 442 g/mol. The van der Waals surface area contributed by atoms with Crippen molar-refractivity contribution in [2.24, 2.45) is 0 Å². The summed E-state index contributed by atoms with van der Waals surface area (Å²) in [6.07, 6.45) is 3.22. The Bertz CT molecular complexity index is 1710. The molecule has 5 rings (SSSR count). The van der Waals surface area contributed by atoms with Crippen molar-refractivity contribution in [2.75, 3.05) is 5.73 Å². The van der Waals surface area contributed by atoms with E-state index >= 15 is 0 Å². The third-order valence-electron chi connectivity index (χ3n) is 5.60. The van der Waals surface area contributed by atoms with Crippen LogP contribution in [0.25, 0.3) is 22.4 Å². The molecule has 0 fully saturated rings. The van der Waals surface area contributed by atoms with Gasteiger partial charge in [0, 0.05) is 12.4 Å². The van der Waals surface area contributed by atoms with Crippen LogP contribution in [0.4, 0.5) is 5.82 Å². The van der Waals surface area contributed by atoms with Crippen LogP contribution in [0.3, 0.4) is 0 Å². The number of pyridine rings is 1. The quantitative estimate of drug-likeness (QED) is 0.396. The number of hydrogen-bond donors (Lipinski definition) is 2. The highest BCUT2D eigenvalue weighted by Gasteiger charge is 2.25. The molecule has 1 aromatic carbocycles. The Labute approximate surface area is 200 Å². The Morgan fingerprint density at radius 1 is 1.11 bits per heavy atom. The molecule has 35 heavy (non-hydrogen) atoms. The van der Waals surface area contributed by atoms with E-state index in [0.29, 0.717) is 33.8 Å². The monoisotopic (exact) mass is 463 g/mol. The van der Waals surface area contributed by atoms with E-state index in [0.717, 1.165) is 0 Å². The summed E-state index contributed by atoms with van der Waals surface area (Å²) in [6, 6.07) is 15.6. The van der Waals surface area contributed by atoms with Crippen LogP contribution < -0.4 is 16.6 Å². The molecule has 9 heteroatoms. The molecule has 0 spiro atoms. The van der Waals surface area contributed by atoms with Gasteiger partial charge in [-0.25, -0.2) is 14.5 Å². The maximum atomic E-state index is 13.8. The van der Waals surface area contributed by atoms with Crippen LogP contribution in [0, 0.1) is 11.8 Å². The number of rotatable bonds is 4. The largest absolute Gasteiger partial charge is 0.381 e. The van der Waals surface area contributed by atoms with Gasteiger partial charge in [0.05, 0.1) is 17.3 Å². The van der Waals surface area contributed by atoms with E-state index in [1.807, 2.05) is 30.3 Å². The highest BCUT2D eigenvalue weighted by molar-refractivity contribution is 6.04. The number of amides is 1. The van der Waals surface area contributed by atoms with Gasteiger partial charge in [0.1, 0.15) is 16.9 Å². The molecule has 0 aliphatic rings. The summed E-state index contributed by atoms with van der Waals surface area (Å²) in [4.78, 5) is 36.1. The fourth-order valence-corrected chi connectivity index (χ4v) is 4.07. The SMILES string of the molecule is CC#Cc1cccc2nc(C(C)NC(=O)c3c(N)nn4cccnc34)c(-c3ccccc3)c(=O)n12. The van der Waals surface area contributed by atoms with Gasteiger partial charge in [-0.2, -0.15) is 0 Å². The molecule has 0 bridgehead atoms. The van der Waals surface area contributed by atoms with Crippen LogP contribution in [-0.2, 0) is 0 Å². The summed E-state index contributed by atoms with van der Waals surface area (Å²) in [5.41, 5.74) is 8.72. The second-order valence-corrected chi connectivity index (χ2v) is 7.87. The first-order valence-corrected chi connectivity index (χ1v) is 10.9. The van der Waals surface area contributed by atoms with Gasteiger partial charge < -0.3 is 11.1 Å². The molecule has 172 valence electrons. The smallest absolute Gasteiger partial charge is 0.267 e. The number of benzene rings is 1. The number of nitrogen functional groups attached to an aromatic ring is 1. The number of nitrogens with two attached hydrogens (primary N) is 1. The molecule has 4 heterocycles. The Kier molecular flexibility index (Phi) is 5.47. The van der Waals surface area contributed by atoms with Gasteiger partial charge in [-0.1, -0.05) is 42.3 Å². The topological polar surface area (TPSA) is 120 Å². The van der Waals surface area contributed by atoms with Crippen molar-refractivity contribution in [2.45, 2.75) is 19.9 Å². The molecule has 9 nitrogen and oxygen atoms in total. The van der Waals surface area contributed by atoms with E-state index in [1.54, 1.807) is 50.5 Å². The van der Waals surface area contributed by atoms with Crippen LogP contribution in [-0.4, -0.2) is 29.9 Å². The zero-order chi connectivity index (χ0) is 24.5. The molecule has 0 saturated carbocycles. The van der Waals surface area contributed by atoms with Crippen molar-refractivity contribution in [3.8, 4) is 23.0 Å². The van der Waals surface area contributed by atoms with Crippen molar-refractivity contribution in [1.82, 2.24) is 29.3 Å². The first kappa shape index (κ1) is 21.9. The molecule has 5 aromatic rings. The van der Waals surface area contributed by atoms with Crippen molar-refractivity contribution >= 4 is 23.0 Å². The zero-order valence-electron chi connectivity index (χ0n) is 19.1. The zero-order valence-corrected chi connectivity index (χ0v) is 19.1. The number of nitrogens with zero attached hydrogens (tertiary/aromatic N) is 5. The number of fused-ring (bicyclic) bond motifs is 2. The molecule has 3 N–H and O–H groups in total. The summed E-state index contributed by atoms with van der Waals surface area (Å²) in [7, 11) is 0. The maximum absolute atomic E-state index is 13.8. The van der Waals surface area contributed by atoms with Gasteiger partial charge in [0.25, 0.3) is 11.5 Å². The molecular formula is C26H21N7O2. The highest BCUT2D eigenvalue weighted by Crippen LogP contribution is 2.26. The molecule has 1 unspecified atom stereocenters. The molecule has 0 saturated heterocycles. The third-order valence-corrected chi connectivity index (χ3v) is 5.60. The lowest BCUT2D eigenvalue weighted by Gasteiger charge is -2.18. The van der Waals surface area contributed by atoms with E-state index < -0.39 is 11.9 Å². The van der Waals surface area contributed by atoms with E-state index in [9.17, 15) is 9.59 Å². The lowest BCUT2D eigenvalue weighted by molar-refractivity contribution is 0.0941. The summed E-state index contributed by atoms with van der Waals surface area (Å²) in [5.74, 6) is 5.41. The van der Waals surface area contributed by atoms with Crippen LogP contribution in [0.2, 0.25) is 0 Å². The number of anilines is 1. The number of nitrogens with one attached hydrogen (secondary N) is 1. The Morgan fingerprint density at radius 3 is 2.69 bits per heavy atom. The summed E-state index contributed by atoms with van der Waals surface area (Å²) < 4.78 is 2.94. The normalized spacial score (nSPS) is 11.7. The lowest BCUT2D eigenvalue weighted by Crippen LogP contribution is -2.31. The molecule has 0 radical (unpaired) electrons. The fraction of sp³-hybridized carbons (Fsp3) is 0.115. The number of carbonyl (C=O) groups is 1. The van der Waals surface area contributed by atoms with Crippen molar-refractivity contribution in [3.63, 3.8) is 0 Å². The number of carbonyl (C=O) groups excluding carboxylic acids is 1. The first-order chi connectivity index (χ1) is 17.0. The van der Waals surface area contributed by atoms with E-state index in [1.165, 1.54) is 8.92 Å². The molecule has 1 atom stereocenters. The van der Waals surface area contributed by atoms with Crippen molar-refractivity contribution in [3.05, 3.63) is 94.3 Å². The third kappa shape index (κ3) is 3.77. The van der Waals surface area contributed by atoms with Crippen LogP contribution >= 0.6 is 0 Å². The Balaban J connectivity index is 1.66. The van der Waals surface area contributed by atoms with Crippen LogP contribution in [0.1, 0.15) is 41.6 Å². The van der Waals surface area contributed by atoms with Gasteiger partial charge in [-0.05, 0) is 43.5 Å². The predicted octanol–water partition coefficient (Wildman–Crippen LogP) is 2.85. The average Bonchev–Trinajstić information content (AvgIpc) is 3.20. The van der Waals surface area contributed by atoms with Gasteiger partial charge in [-0.3, -0.25) is 14.0 Å². The second-order valence-electron chi connectivity index (χ2n) is 7.87. The van der Waals surface area contributed by atoms with Crippen LogP contribution in [0.5, 0.6) is 0 Å². The summed E-state index contributed by atoms with van der Waals surface area (Å²) in [5, 5.41) is 7.07. The summed E-state index contributed by atoms with van der Waals surface area (Å²) in [6.45, 7) is 3.48. The lowest BCUT2D eigenvalue weighted by atomic mass is 10.0. The summed E-state index contributed by atoms with van der Waals surface area (Å²) >= 11 is 0. The minimum absolute atomic E-state index is 0.0611. The highest BCUT2D eigenvalue weighted by atomic mass is 16.2. The van der Waals surface area contributed by atoms with E-state index in [2.05, 4.69) is 27.2 Å². The standard InChI is InChI=1S/C26H21N7O2/c1-3-9-18-12-7-13-19-30-22(20(26(35)33(18)19)17-10-5-4-6-11-17)16(2)29-25(34)21-23(27)31-32-15-8-14-28-24(21)32/h4-8,10-16H,1-2H3,(H2,27,31)(H,29,34). The van der Waals surface area contributed by atoms with Crippen molar-refractivity contribution in [1.29, 1.82) is 0 Å². The second kappa shape index (κ2) is 8.76. The van der Waals surface area contributed by atoms with Gasteiger partial charge in [0.15, 0.2) is 11.5 Å². The van der Waals surface area contributed by atoms with Crippen LogP contribution in [0.15, 0.2) is 71.8 Å². The Morgan fingerprint density at radius 2 is 1.91 bits per heavy atom. The fourth-order valence-electron chi connectivity index (χ4n) is 4.07. The molecule has 0 aliphatic carbocycles. The minimum Gasteiger partial charge on any atom is -0.381 e. The number of hydrogen-bond acceptors (Lipinski definition) is 6. The average molecular weight is 464 g/mol. The predicted molar refractivity (Wildman–Crippen MR) is 133 cm³/mol. The molecule has 1 amide bonds. The van der Waals surface area contributed by atoms with E-state index in [4.69, 9.17) is 10.7 Å².